The second-order valence-corrected chi connectivity index (χ2v) is 7.38. The van der Waals surface area contributed by atoms with Crippen molar-refractivity contribution in [3.63, 3.8) is 0 Å². The molecule has 9 heteroatoms. The predicted octanol–water partition coefficient (Wildman–Crippen LogP) is 5.23. The molecule has 2 aromatic heterocycles. The van der Waals surface area contributed by atoms with Crippen molar-refractivity contribution in [2.45, 2.75) is 24.5 Å². The zero-order valence-electron chi connectivity index (χ0n) is 15.4. The first-order valence-corrected chi connectivity index (χ1v) is 10.1. The number of para-hydroxylation sites is 1. The van der Waals surface area contributed by atoms with E-state index in [1.165, 1.54) is 36.0 Å². The molecule has 4 aromatic rings. The molecular weight excluding hydrogens is 415 g/mol. The molecule has 0 N–H and O–H groups in total. The van der Waals surface area contributed by atoms with Crippen LogP contribution in [0.25, 0.3) is 5.69 Å². The molecule has 0 saturated carbocycles. The van der Waals surface area contributed by atoms with E-state index in [0.29, 0.717) is 27.8 Å². The van der Waals surface area contributed by atoms with Gasteiger partial charge in [0.1, 0.15) is 16.7 Å². The normalized spacial score (nSPS) is 11.0. The summed E-state index contributed by atoms with van der Waals surface area (Å²) in [5.74, 6) is 1.07. The maximum Gasteiger partial charge on any atom is 0.277 e. The van der Waals surface area contributed by atoms with Crippen molar-refractivity contribution in [2.24, 2.45) is 0 Å². The number of hydrogen-bond acceptors (Lipinski definition) is 6. The molecule has 0 aliphatic rings. The number of ether oxygens (including phenoxy) is 1. The van der Waals surface area contributed by atoms with Gasteiger partial charge in [0.25, 0.3) is 11.1 Å². The minimum absolute atomic E-state index is 0.102. The zero-order valence-corrected chi connectivity index (χ0v) is 17.0. The molecule has 148 valence electrons. The molecule has 29 heavy (non-hydrogen) atoms. The molecular formula is C20H16ClFN4O2S. The molecule has 2 heterocycles. The van der Waals surface area contributed by atoms with Gasteiger partial charge in [-0.25, -0.2) is 9.07 Å². The summed E-state index contributed by atoms with van der Waals surface area (Å²) in [4.78, 5) is 0. The van der Waals surface area contributed by atoms with Crippen LogP contribution in [0.4, 0.5) is 4.39 Å². The summed E-state index contributed by atoms with van der Waals surface area (Å²) in [6.07, 6.45) is 0. The van der Waals surface area contributed by atoms with Crippen LogP contribution in [0.3, 0.4) is 0 Å². The van der Waals surface area contributed by atoms with Gasteiger partial charge < -0.3 is 9.15 Å². The van der Waals surface area contributed by atoms with Crippen LogP contribution in [-0.4, -0.2) is 20.0 Å². The Labute approximate surface area is 175 Å². The number of nitrogens with zero attached hydrogens (tertiary/aromatic N) is 4. The van der Waals surface area contributed by atoms with Crippen molar-refractivity contribution in [1.82, 2.24) is 20.0 Å². The Kier molecular flexibility index (Phi) is 5.82. The maximum absolute atomic E-state index is 12.9. The number of benzene rings is 2. The number of aryl methyl sites for hydroxylation is 1. The number of rotatable bonds is 7. The van der Waals surface area contributed by atoms with E-state index in [1.807, 2.05) is 37.3 Å². The third kappa shape index (κ3) is 4.60. The van der Waals surface area contributed by atoms with Crippen molar-refractivity contribution < 1.29 is 13.5 Å². The van der Waals surface area contributed by atoms with Crippen LogP contribution >= 0.6 is 23.4 Å². The van der Waals surface area contributed by atoms with Crippen LogP contribution in [0.2, 0.25) is 5.15 Å². The highest BCUT2D eigenvalue weighted by molar-refractivity contribution is 7.98. The van der Waals surface area contributed by atoms with E-state index in [-0.39, 0.29) is 12.4 Å². The average molecular weight is 431 g/mol. The lowest BCUT2D eigenvalue weighted by molar-refractivity contribution is 0.252. The Balaban J connectivity index is 1.39. The summed E-state index contributed by atoms with van der Waals surface area (Å²) >= 11 is 7.91. The summed E-state index contributed by atoms with van der Waals surface area (Å²) in [6.45, 7) is 2.02. The van der Waals surface area contributed by atoms with Gasteiger partial charge >= 0.3 is 0 Å². The zero-order chi connectivity index (χ0) is 20.2. The van der Waals surface area contributed by atoms with Crippen molar-refractivity contribution in [3.8, 4) is 11.4 Å². The SMILES string of the molecule is Cc1nn(-c2ccccc2)c(Cl)c1CSc1nnc(COc2ccc(F)cc2)o1. The van der Waals surface area contributed by atoms with E-state index >= 15 is 0 Å². The fraction of sp³-hybridized carbons (Fsp3) is 0.150. The first-order chi connectivity index (χ1) is 14.1. The van der Waals surface area contributed by atoms with Crippen LogP contribution in [0.1, 0.15) is 17.1 Å². The molecule has 0 atom stereocenters. The summed E-state index contributed by atoms with van der Waals surface area (Å²) in [5, 5.41) is 13.5. The fourth-order valence-electron chi connectivity index (χ4n) is 2.60. The maximum atomic E-state index is 12.9. The molecule has 6 nitrogen and oxygen atoms in total. The lowest BCUT2D eigenvalue weighted by Gasteiger charge is -2.03. The Morgan fingerprint density at radius 1 is 1.10 bits per heavy atom. The second-order valence-electron chi connectivity index (χ2n) is 6.10. The molecule has 0 aliphatic heterocycles. The molecule has 2 aromatic carbocycles. The standard InChI is InChI=1S/C20H16ClFN4O2S/c1-13-17(19(21)26(25-13)15-5-3-2-4-6-15)12-29-20-24-23-18(28-20)11-27-16-9-7-14(22)8-10-16/h2-10H,11-12H2,1H3. The third-order valence-electron chi connectivity index (χ3n) is 4.09. The molecule has 0 saturated heterocycles. The van der Waals surface area contributed by atoms with Crippen LogP contribution in [-0.2, 0) is 12.4 Å². The van der Waals surface area contributed by atoms with Gasteiger partial charge in [0.15, 0.2) is 6.61 Å². The Morgan fingerprint density at radius 3 is 2.62 bits per heavy atom. The molecule has 0 fully saturated rings. The highest BCUT2D eigenvalue weighted by Gasteiger charge is 2.16. The smallest absolute Gasteiger partial charge is 0.277 e. The largest absolute Gasteiger partial charge is 0.484 e. The van der Waals surface area contributed by atoms with Crippen molar-refractivity contribution in [2.75, 3.05) is 0 Å². The molecule has 0 spiro atoms. The quantitative estimate of drug-likeness (QED) is 0.374. The molecule has 0 radical (unpaired) electrons. The highest BCUT2D eigenvalue weighted by atomic mass is 35.5. The fourth-order valence-corrected chi connectivity index (χ4v) is 3.89. The molecule has 0 amide bonds. The third-order valence-corrected chi connectivity index (χ3v) is 5.32. The molecule has 0 unspecified atom stereocenters. The van der Waals surface area contributed by atoms with E-state index in [4.69, 9.17) is 20.8 Å². The van der Waals surface area contributed by atoms with Crippen molar-refractivity contribution in [3.05, 3.63) is 82.7 Å². The minimum Gasteiger partial charge on any atom is -0.484 e. The first-order valence-electron chi connectivity index (χ1n) is 8.73. The van der Waals surface area contributed by atoms with Gasteiger partial charge in [-0.1, -0.05) is 41.6 Å². The lowest BCUT2D eigenvalue weighted by Crippen LogP contribution is -1.96. The monoisotopic (exact) mass is 430 g/mol. The Hall–Kier alpha value is -2.84. The van der Waals surface area contributed by atoms with Crippen molar-refractivity contribution in [1.29, 1.82) is 0 Å². The topological polar surface area (TPSA) is 66.0 Å². The predicted molar refractivity (Wildman–Crippen MR) is 108 cm³/mol. The minimum atomic E-state index is -0.321. The first kappa shape index (κ1) is 19.5. The van der Waals surface area contributed by atoms with Crippen LogP contribution in [0.15, 0.2) is 64.2 Å². The van der Waals surface area contributed by atoms with E-state index in [0.717, 1.165) is 16.9 Å². The van der Waals surface area contributed by atoms with Gasteiger partial charge in [0.2, 0.25) is 0 Å². The van der Waals surface area contributed by atoms with Gasteiger partial charge in [-0.15, -0.1) is 10.2 Å². The molecule has 0 bridgehead atoms. The van der Waals surface area contributed by atoms with Gasteiger partial charge in [-0.3, -0.25) is 0 Å². The molecule has 0 aliphatic carbocycles. The van der Waals surface area contributed by atoms with E-state index in [1.54, 1.807) is 4.68 Å². The van der Waals surface area contributed by atoms with Gasteiger partial charge in [0, 0.05) is 11.3 Å². The van der Waals surface area contributed by atoms with E-state index in [9.17, 15) is 4.39 Å². The summed E-state index contributed by atoms with van der Waals surface area (Å²) in [7, 11) is 0. The van der Waals surface area contributed by atoms with E-state index in [2.05, 4.69) is 15.3 Å². The number of thioether (sulfide) groups is 1. The second kappa shape index (κ2) is 8.67. The van der Waals surface area contributed by atoms with E-state index < -0.39 is 0 Å². The number of hydrogen-bond donors (Lipinski definition) is 0. The van der Waals surface area contributed by atoms with Gasteiger partial charge in [-0.05, 0) is 43.3 Å². The van der Waals surface area contributed by atoms with Crippen LogP contribution < -0.4 is 4.74 Å². The average Bonchev–Trinajstić information content (AvgIpc) is 3.31. The van der Waals surface area contributed by atoms with Gasteiger partial charge in [0.05, 0.1) is 11.4 Å². The number of aromatic nitrogens is 4. The van der Waals surface area contributed by atoms with Crippen molar-refractivity contribution >= 4 is 23.4 Å². The lowest BCUT2D eigenvalue weighted by atomic mass is 10.3. The Bertz CT molecular complexity index is 1100. The summed E-state index contributed by atoms with van der Waals surface area (Å²) in [5.41, 5.74) is 2.64. The van der Waals surface area contributed by atoms with Crippen LogP contribution in [0.5, 0.6) is 5.75 Å². The number of halogens is 2. The summed E-state index contributed by atoms with van der Waals surface area (Å²) in [6, 6.07) is 15.4. The Morgan fingerprint density at radius 2 is 1.86 bits per heavy atom. The highest BCUT2D eigenvalue weighted by Crippen LogP contribution is 2.30. The summed E-state index contributed by atoms with van der Waals surface area (Å²) < 4.78 is 25.7. The molecule has 4 rings (SSSR count). The van der Waals surface area contributed by atoms with Gasteiger partial charge in [-0.2, -0.15) is 5.10 Å². The van der Waals surface area contributed by atoms with Crippen LogP contribution in [0, 0.1) is 12.7 Å².